The number of halogens is 2. The second kappa shape index (κ2) is 5.84. The van der Waals surface area contributed by atoms with Gasteiger partial charge in [-0.3, -0.25) is 4.98 Å². The number of hydrogen-bond acceptors (Lipinski definition) is 3. The zero-order valence-electron chi connectivity index (χ0n) is 9.20. The largest absolute Gasteiger partial charge is 0.490 e. The van der Waals surface area contributed by atoms with Gasteiger partial charge in [0.25, 0.3) is 0 Å². The molecule has 0 amide bonds. The second-order valence-electron chi connectivity index (χ2n) is 4.22. The van der Waals surface area contributed by atoms with Gasteiger partial charge in [0.05, 0.1) is 6.20 Å². The van der Waals surface area contributed by atoms with Crippen LogP contribution in [0.15, 0.2) is 22.9 Å². The molecule has 1 N–H and O–H groups in total. The van der Waals surface area contributed by atoms with Gasteiger partial charge in [0.2, 0.25) is 0 Å². The Morgan fingerprint density at radius 3 is 3.00 bits per heavy atom. The first-order valence-corrected chi connectivity index (χ1v) is 5.96. The molecular weight excluding hydrogens is 291 g/mol. The van der Waals surface area contributed by atoms with E-state index in [1.807, 2.05) is 6.07 Å². The van der Waals surface area contributed by atoms with Crippen molar-refractivity contribution in [2.24, 2.45) is 0 Å². The molecule has 1 aromatic heterocycles. The van der Waals surface area contributed by atoms with Crippen LogP contribution in [0, 0.1) is 0 Å². The molecule has 0 aliphatic carbocycles. The maximum atomic E-state index is 5.72. The van der Waals surface area contributed by atoms with Gasteiger partial charge in [-0.25, -0.2) is 0 Å². The molecule has 3 nitrogen and oxygen atoms in total. The van der Waals surface area contributed by atoms with Gasteiger partial charge in [0, 0.05) is 16.2 Å². The van der Waals surface area contributed by atoms with Gasteiger partial charge in [-0.05, 0) is 48.3 Å². The predicted molar refractivity (Wildman–Crippen MR) is 70.3 cm³/mol. The lowest BCUT2D eigenvalue weighted by atomic mass is 10.0. The van der Waals surface area contributed by atoms with Crippen molar-refractivity contribution in [3.8, 4) is 5.75 Å². The molecule has 0 saturated carbocycles. The van der Waals surface area contributed by atoms with E-state index in [4.69, 9.17) is 4.74 Å². The fourth-order valence-corrected chi connectivity index (χ4v) is 2.14. The van der Waals surface area contributed by atoms with Crippen molar-refractivity contribution in [3.63, 3.8) is 0 Å². The van der Waals surface area contributed by atoms with Crippen LogP contribution < -0.4 is 10.1 Å². The van der Waals surface area contributed by atoms with Crippen LogP contribution in [0.4, 0.5) is 0 Å². The Labute approximate surface area is 111 Å². The van der Waals surface area contributed by atoms with Crippen LogP contribution >= 0.6 is 28.3 Å². The Hall–Kier alpha value is -0.320. The van der Waals surface area contributed by atoms with Crippen molar-refractivity contribution >= 4 is 28.3 Å². The summed E-state index contributed by atoms with van der Waals surface area (Å²) in [7, 11) is 0. The maximum absolute atomic E-state index is 5.72. The van der Waals surface area contributed by atoms with Crippen molar-refractivity contribution in [2.45, 2.75) is 25.3 Å². The molecule has 2 heterocycles. The zero-order valence-corrected chi connectivity index (χ0v) is 11.6. The summed E-state index contributed by atoms with van der Waals surface area (Å²) in [6, 6.07) is 1.94. The average molecular weight is 308 g/mol. The fraction of sp³-hybridized carbons (Fsp3) is 0.545. The van der Waals surface area contributed by atoms with Gasteiger partial charge in [-0.2, -0.15) is 0 Å². The van der Waals surface area contributed by atoms with Gasteiger partial charge >= 0.3 is 0 Å². The second-order valence-corrected chi connectivity index (χ2v) is 5.13. The van der Waals surface area contributed by atoms with Crippen LogP contribution in [0.2, 0.25) is 0 Å². The Balaban J connectivity index is 0.00000128. The number of nitrogens with one attached hydrogen (secondary N) is 1. The lowest BCUT2D eigenvalue weighted by Crippen LogP contribution is -2.42. The molecule has 1 atom stereocenters. The summed E-state index contributed by atoms with van der Waals surface area (Å²) in [5.74, 6) is 0.819. The van der Waals surface area contributed by atoms with E-state index in [1.54, 1.807) is 12.4 Å². The third-order valence-corrected chi connectivity index (χ3v) is 3.13. The number of nitrogens with zero attached hydrogens (tertiary/aromatic N) is 1. The molecule has 0 spiro atoms. The summed E-state index contributed by atoms with van der Waals surface area (Å²) < 4.78 is 6.67. The summed E-state index contributed by atoms with van der Waals surface area (Å²) in [5.41, 5.74) is 0.127. The van der Waals surface area contributed by atoms with Gasteiger partial charge in [0.15, 0.2) is 0 Å². The van der Waals surface area contributed by atoms with Crippen molar-refractivity contribution in [3.05, 3.63) is 22.9 Å². The molecular formula is C11H16BrClN2O. The highest BCUT2D eigenvalue weighted by Crippen LogP contribution is 2.21. The van der Waals surface area contributed by atoms with Gasteiger partial charge in [0.1, 0.15) is 12.4 Å². The highest BCUT2D eigenvalue weighted by atomic mass is 79.9. The van der Waals surface area contributed by atoms with Gasteiger partial charge in [-0.1, -0.05) is 0 Å². The molecule has 1 aliphatic rings. The first kappa shape index (κ1) is 13.7. The monoisotopic (exact) mass is 306 g/mol. The minimum atomic E-state index is 0. The molecule has 0 bridgehead atoms. The van der Waals surface area contributed by atoms with Crippen molar-refractivity contribution < 1.29 is 4.74 Å². The van der Waals surface area contributed by atoms with Crippen LogP contribution in [0.3, 0.4) is 0 Å². The quantitative estimate of drug-likeness (QED) is 0.932. The van der Waals surface area contributed by atoms with E-state index in [2.05, 4.69) is 33.2 Å². The zero-order chi connectivity index (χ0) is 10.7. The number of hydrogen-bond donors (Lipinski definition) is 1. The first-order valence-electron chi connectivity index (χ1n) is 5.16. The molecule has 90 valence electrons. The van der Waals surface area contributed by atoms with Crippen LogP contribution in [-0.4, -0.2) is 23.7 Å². The Bertz CT molecular complexity index is 343. The number of rotatable bonds is 3. The fourth-order valence-electron chi connectivity index (χ4n) is 1.79. The minimum absolute atomic E-state index is 0. The Kier molecular flexibility index (Phi) is 5.02. The SMILES string of the molecule is C[C@]1(COc2cncc(Br)c2)CCCN1.Cl. The Morgan fingerprint density at radius 1 is 1.56 bits per heavy atom. The molecule has 1 fully saturated rings. The molecule has 0 unspecified atom stereocenters. The van der Waals surface area contributed by atoms with Crippen molar-refractivity contribution in [1.82, 2.24) is 10.3 Å². The molecule has 1 aromatic rings. The summed E-state index contributed by atoms with van der Waals surface area (Å²) in [4.78, 5) is 4.06. The van der Waals surface area contributed by atoms with Crippen LogP contribution in [-0.2, 0) is 0 Å². The number of aromatic nitrogens is 1. The highest BCUT2D eigenvalue weighted by molar-refractivity contribution is 9.10. The minimum Gasteiger partial charge on any atom is -0.490 e. The normalized spacial score (nSPS) is 23.9. The molecule has 0 radical (unpaired) electrons. The highest BCUT2D eigenvalue weighted by Gasteiger charge is 2.28. The van der Waals surface area contributed by atoms with Crippen LogP contribution in [0.25, 0.3) is 0 Å². The van der Waals surface area contributed by atoms with Crippen molar-refractivity contribution in [2.75, 3.05) is 13.2 Å². The smallest absolute Gasteiger partial charge is 0.138 e. The molecule has 2 rings (SSSR count). The lowest BCUT2D eigenvalue weighted by Gasteiger charge is -2.24. The van der Waals surface area contributed by atoms with E-state index in [9.17, 15) is 0 Å². The number of pyridine rings is 1. The van der Waals surface area contributed by atoms with E-state index < -0.39 is 0 Å². The maximum Gasteiger partial charge on any atom is 0.138 e. The van der Waals surface area contributed by atoms with Crippen LogP contribution in [0.5, 0.6) is 5.75 Å². The third-order valence-electron chi connectivity index (χ3n) is 2.69. The number of ether oxygens (including phenoxy) is 1. The predicted octanol–water partition coefficient (Wildman–Crippen LogP) is 2.79. The standard InChI is InChI=1S/C11H15BrN2O.ClH/c1-11(3-2-4-14-11)8-15-10-5-9(12)6-13-7-10;/h5-7,14H,2-4,8H2,1H3;1H/t11-;/m1./s1. The van der Waals surface area contributed by atoms with E-state index in [-0.39, 0.29) is 17.9 Å². The first-order chi connectivity index (χ1) is 7.18. The molecule has 5 heteroatoms. The lowest BCUT2D eigenvalue weighted by molar-refractivity contribution is 0.212. The van der Waals surface area contributed by atoms with E-state index in [1.165, 1.54) is 12.8 Å². The summed E-state index contributed by atoms with van der Waals surface area (Å²) in [6.07, 6.45) is 5.90. The average Bonchev–Trinajstić information content (AvgIpc) is 2.63. The Morgan fingerprint density at radius 2 is 2.38 bits per heavy atom. The summed E-state index contributed by atoms with van der Waals surface area (Å²) in [6.45, 7) is 3.99. The van der Waals surface area contributed by atoms with E-state index in [0.29, 0.717) is 6.61 Å². The summed E-state index contributed by atoms with van der Waals surface area (Å²) >= 11 is 3.37. The van der Waals surface area contributed by atoms with Gasteiger partial charge < -0.3 is 10.1 Å². The van der Waals surface area contributed by atoms with E-state index >= 15 is 0 Å². The van der Waals surface area contributed by atoms with E-state index in [0.717, 1.165) is 16.8 Å². The molecule has 16 heavy (non-hydrogen) atoms. The van der Waals surface area contributed by atoms with Gasteiger partial charge in [-0.15, -0.1) is 12.4 Å². The molecule has 0 aromatic carbocycles. The molecule has 1 aliphatic heterocycles. The molecule has 1 saturated heterocycles. The topological polar surface area (TPSA) is 34.1 Å². The van der Waals surface area contributed by atoms with Crippen molar-refractivity contribution in [1.29, 1.82) is 0 Å². The summed E-state index contributed by atoms with van der Waals surface area (Å²) in [5, 5.41) is 3.46. The third kappa shape index (κ3) is 3.61. The van der Waals surface area contributed by atoms with Crippen LogP contribution in [0.1, 0.15) is 19.8 Å².